The molecule has 1 fully saturated rings. The first kappa shape index (κ1) is 19.6. The highest BCUT2D eigenvalue weighted by Gasteiger charge is 2.31. The van der Waals surface area contributed by atoms with Crippen LogP contribution in [0.2, 0.25) is 0 Å². The number of benzene rings is 1. The molecule has 2 heterocycles. The van der Waals surface area contributed by atoms with Gasteiger partial charge in [-0.15, -0.1) is 0 Å². The molecule has 1 saturated heterocycles. The SMILES string of the molecule is O=C(NC1CCN(c2ccc(C(F)(F)F)cn2)CC1)c1cc(Br)ccc1F. The Balaban J connectivity index is 1.57. The summed E-state index contributed by atoms with van der Waals surface area (Å²) in [5.74, 6) is -0.618. The number of aromatic nitrogens is 1. The highest BCUT2D eigenvalue weighted by atomic mass is 79.9. The van der Waals surface area contributed by atoms with Crippen LogP contribution in [0.4, 0.5) is 23.4 Å². The zero-order chi connectivity index (χ0) is 19.6. The van der Waals surface area contributed by atoms with Crippen LogP contribution in [0.5, 0.6) is 0 Å². The predicted octanol–water partition coefficient (Wildman–Crippen LogP) is 4.40. The summed E-state index contributed by atoms with van der Waals surface area (Å²) in [6.45, 7) is 1.06. The Bertz CT molecular complexity index is 818. The molecular weight excluding hydrogens is 430 g/mol. The van der Waals surface area contributed by atoms with Crippen molar-refractivity contribution in [3.63, 3.8) is 0 Å². The molecule has 0 spiro atoms. The highest BCUT2D eigenvalue weighted by Crippen LogP contribution is 2.29. The molecule has 27 heavy (non-hydrogen) atoms. The van der Waals surface area contributed by atoms with E-state index in [1.165, 1.54) is 24.3 Å². The molecule has 144 valence electrons. The Morgan fingerprint density at radius 3 is 2.48 bits per heavy atom. The molecule has 1 aromatic heterocycles. The van der Waals surface area contributed by atoms with Crippen molar-refractivity contribution in [2.75, 3.05) is 18.0 Å². The van der Waals surface area contributed by atoms with Gasteiger partial charge in [-0.25, -0.2) is 9.37 Å². The number of hydrogen-bond acceptors (Lipinski definition) is 3. The van der Waals surface area contributed by atoms with E-state index in [0.717, 1.165) is 12.3 Å². The van der Waals surface area contributed by atoms with Crippen molar-refractivity contribution in [1.29, 1.82) is 0 Å². The first-order valence-corrected chi connectivity index (χ1v) is 9.07. The van der Waals surface area contributed by atoms with Gasteiger partial charge in [0.25, 0.3) is 5.91 Å². The molecule has 0 bridgehead atoms. The van der Waals surface area contributed by atoms with Gasteiger partial charge in [0.05, 0.1) is 11.1 Å². The summed E-state index contributed by atoms with van der Waals surface area (Å²) in [6.07, 6.45) is -2.42. The minimum atomic E-state index is -4.41. The van der Waals surface area contributed by atoms with Gasteiger partial charge in [-0.05, 0) is 43.2 Å². The quantitative estimate of drug-likeness (QED) is 0.712. The van der Waals surface area contributed by atoms with Crippen LogP contribution in [0, 0.1) is 5.82 Å². The summed E-state index contributed by atoms with van der Waals surface area (Å²) in [5, 5.41) is 2.81. The van der Waals surface area contributed by atoms with Crippen molar-refractivity contribution in [2.24, 2.45) is 0 Å². The fourth-order valence-electron chi connectivity index (χ4n) is 2.93. The van der Waals surface area contributed by atoms with E-state index in [-0.39, 0.29) is 11.6 Å². The van der Waals surface area contributed by atoms with Crippen LogP contribution in [-0.2, 0) is 6.18 Å². The second-order valence-electron chi connectivity index (χ2n) is 6.26. The van der Waals surface area contributed by atoms with E-state index in [9.17, 15) is 22.4 Å². The molecule has 1 amide bonds. The van der Waals surface area contributed by atoms with Crippen LogP contribution in [0.15, 0.2) is 41.0 Å². The monoisotopic (exact) mass is 445 g/mol. The Morgan fingerprint density at radius 2 is 1.89 bits per heavy atom. The average Bonchev–Trinajstić information content (AvgIpc) is 2.63. The molecule has 9 heteroatoms. The number of nitrogens with zero attached hydrogens (tertiary/aromatic N) is 2. The van der Waals surface area contributed by atoms with Gasteiger partial charge in [0.15, 0.2) is 0 Å². The Morgan fingerprint density at radius 1 is 1.19 bits per heavy atom. The normalized spacial score (nSPS) is 15.7. The summed E-state index contributed by atoms with van der Waals surface area (Å²) in [4.78, 5) is 18.0. The van der Waals surface area contributed by atoms with Gasteiger partial charge in [-0.3, -0.25) is 4.79 Å². The van der Waals surface area contributed by atoms with Gasteiger partial charge >= 0.3 is 6.18 Å². The molecule has 0 unspecified atom stereocenters. The molecule has 0 saturated carbocycles. The number of pyridine rings is 1. The number of halogens is 5. The predicted molar refractivity (Wildman–Crippen MR) is 96.0 cm³/mol. The van der Waals surface area contributed by atoms with Crippen LogP contribution in [-0.4, -0.2) is 30.0 Å². The lowest BCUT2D eigenvalue weighted by Gasteiger charge is -2.33. The van der Waals surface area contributed by atoms with Gasteiger partial charge in [0, 0.05) is 29.8 Å². The van der Waals surface area contributed by atoms with Crippen LogP contribution in [0.1, 0.15) is 28.8 Å². The van der Waals surface area contributed by atoms with E-state index < -0.39 is 23.5 Å². The maximum atomic E-state index is 13.8. The van der Waals surface area contributed by atoms with Crippen molar-refractivity contribution in [3.8, 4) is 0 Å². The first-order valence-electron chi connectivity index (χ1n) is 8.28. The van der Waals surface area contributed by atoms with Crippen molar-refractivity contribution in [1.82, 2.24) is 10.3 Å². The number of carbonyl (C=O) groups excluding carboxylic acids is 1. The van der Waals surface area contributed by atoms with Crippen LogP contribution in [0.25, 0.3) is 0 Å². The van der Waals surface area contributed by atoms with Gasteiger partial charge in [-0.2, -0.15) is 13.2 Å². The maximum Gasteiger partial charge on any atom is 0.417 e. The number of nitrogens with one attached hydrogen (secondary N) is 1. The summed E-state index contributed by atoms with van der Waals surface area (Å²) in [6, 6.07) is 6.37. The minimum Gasteiger partial charge on any atom is -0.356 e. The largest absolute Gasteiger partial charge is 0.417 e. The lowest BCUT2D eigenvalue weighted by molar-refractivity contribution is -0.137. The molecule has 1 aliphatic heterocycles. The lowest BCUT2D eigenvalue weighted by Crippen LogP contribution is -2.45. The van der Waals surface area contributed by atoms with Crippen LogP contribution < -0.4 is 10.2 Å². The lowest BCUT2D eigenvalue weighted by atomic mass is 10.0. The van der Waals surface area contributed by atoms with E-state index in [4.69, 9.17) is 0 Å². The number of anilines is 1. The van der Waals surface area contributed by atoms with E-state index in [1.54, 1.807) is 0 Å². The van der Waals surface area contributed by atoms with Crippen LogP contribution in [0.3, 0.4) is 0 Å². The number of rotatable bonds is 3. The third kappa shape index (κ3) is 4.77. The molecule has 0 aliphatic carbocycles. The number of piperidine rings is 1. The van der Waals surface area contributed by atoms with Gasteiger partial charge in [0.1, 0.15) is 11.6 Å². The Kier molecular flexibility index (Phi) is 5.69. The number of carbonyl (C=O) groups is 1. The maximum absolute atomic E-state index is 13.8. The summed E-state index contributed by atoms with van der Waals surface area (Å²) < 4.78 is 52.2. The average molecular weight is 446 g/mol. The summed E-state index contributed by atoms with van der Waals surface area (Å²) >= 11 is 3.21. The van der Waals surface area contributed by atoms with Gasteiger partial charge in [0.2, 0.25) is 0 Å². The Hall–Kier alpha value is -2.16. The smallest absolute Gasteiger partial charge is 0.356 e. The van der Waals surface area contributed by atoms with E-state index in [1.807, 2.05) is 4.90 Å². The van der Waals surface area contributed by atoms with Crippen LogP contribution >= 0.6 is 15.9 Å². The first-order chi connectivity index (χ1) is 12.7. The molecule has 1 aromatic carbocycles. The zero-order valence-corrected chi connectivity index (χ0v) is 15.6. The van der Waals surface area contributed by atoms with E-state index in [2.05, 4.69) is 26.2 Å². The number of alkyl halides is 3. The van der Waals surface area contributed by atoms with E-state index >= 15 is 0 Å². The van der Waals surface area contributed by atoms with Crippen molar-refractivity contribution >= 4 is 27.7 Å². The molecule has 0 atom stereocenters. The molecule has 3 rings (SSSR count). The van der Waals surface area contributed by atoms with E-state index in [0.29, 0.717) is 36.2 Å². The molecule has 1 aliphatic rings. The zero-order valence-electron chi connectivity index (χ0n) is 14.1. The second-order valence-corrected chi connectivity index (χ2v) is 7.18. The number of hydrogen-bond donors (Lipinski definition) is 1. The number of amides is 1. The molecule has 0 radical (unpaired) electrons. The topological polar surface area (TPSA) is 45.2 Å². The Labute approximate surface area is 161 Å². The van der Waals surface area contributed by atoms with Crippen molar-refractivity contribution in [2.45, 2.75) is 25.1 Å². The van der Waals surface area contributed by atoms with Gasteiger partial charge < -0.3 is 10.2 Å². The molecular formula is C18H16BrF4N3O. The molecule has 4 nitrogen and oxygen atoms in total. The summed E-state index contributed by atoms with van der Waals surface area (Å²) in [5.41, 5.74) is -0.819. The molecule has 1 N–H and O–H groups in total. The third-order valence-corrected chi connectivity index (χ3v) is 4.90. The third-order valence-electron chi connectivity index (χ3n) is 4.40. The second kappa shape index (κ2) is 7.84. The molecule has 2 aromatic rings. The van der Waals surface area contributed by atoms with Gasteiger partial charge in [-0.1, -0.05) is 15.9 Å². The van der Waals surface area contributed by atoms with Crippen molar-refractivity contribution < 1.29 is 22.4 Å². The fraction of sp³-hybridized carbons (Fsp3) is 0.333. The fourth-order valence-corrected chi connectivity index (χ4v) is 3.29. The van der Waals surface area contributed by atoms with Crippen molar-refractivity contribution in [3.05, 3.63) is 57.9 Å². The minimum absolute atomic E-state index is 0.0313. The standard InChI is InChI=1S/C18H16BrF4N3O/c19-12-2-3-15(20)14(9-12)17(27)25-13-5-7-26(8-6-13)16-4-1-11(10-24-16)18(21,22)23/h1-4,9-10,13H,5-8H2,(H,25,27). The summed E-state index contributed by atoms with van der Waals surface area (Å²) in [7, 11) is 0. The highest BCUT2D eigenvalue weighted by molar-refractivity contribution is 9.10.